The second kappa shape index (κ2) is 6.03. The number of likely N-dealkylation sites (tertiary alicyclic amines) is 1. The van der Waals surface area contributed by atoms with Crippen molar-refractivity contribution in [1.29, 1.82) is 0 Å². The molecule has 2 aliphatic rings. The van der Waals surface area contributed by atoms with Gasteiger partial charge in [0.25, 0.3) is 0 Å². The van der Waals surface area contributed by atoms with E-state index in [1.807, 2.05) is 24.8 Å². The maximum Gasteiger partial charge on any atom is 0.225 e. The fourth-order valence-corrected chi connectivity index (χ4v) is 4.04. The van der Waals surface area contributed by atoms with Gasteiger partial charge in [-0.2, -0.15) is 0 Å². The number of rotatable bonds is 2. The predicted molar refractivity (Wildman–Crippen MR) is 90.6 cm³/mol. The number of nitrogens with zero attached hydrogens (tertiary/aromatic N) is 4. The van der Waals surface area contributed by atoms with Gasteiger partial charge in [0.05, 0.1) is 5.54 Å². The summed E-state index contributed by atoms with van der Waals surface area (Å²) in [5, 5.41) is 3.14. The van der Waals surface area contributed by atoms with Crippen molar-refractivity contribution in [2.24, 2.45) is 5.92 Å². The van der Waals surface area contributed by atoms with Gasteiger partial charge in [0.1, 0.15) is 0 Å². The number of piperidine rings is 1. The third-order valence-electron chi connectivity index (χ3n) is 5.04. The number of carbonyl (C=O) groups excluding carboxylic acids is 2. The van der Waals surface area contributed by atoms with E-state index in [-0.39, 0.29) is 17.7 Å². The van der Waals surface area contributed by atoms with Crippen LogP contribution >= 0.6 is 0 Å². The topological polar surface area (TPSA) is 78.4 Å². The van der Waals surface area contributed by atoms with E-state index in [9.17, 15) is 9.59 Å². The van der Waals surface area contributed by atoms with Gasteiger partial charge in [-0.05, 0) is 26.3 Å². The van der Waals surface area contributed by atoms with E-state index in [2.05, 4.69) is 20.2 Å². The lowest BCUT2D eigenvalue weighted by Gasteiger charge is -2.44. The summed E-state index contributed by atoms with van der Waals surface area (Å²) >= 11 is 0. The van der Waals surface area contributed by atoms with Crippen molar-refractivity contribution in [2.75, 3.05) is 31.1 Å². The highest BCUT2D eigenvalue weighted by Crippen LogP contribution is 2.36. The van der Waals surface area contributed by atoms with Gasteiger partial charge in [-0.3, -0.25) is 9.59 Å². The van der Waals surface area contributed by atoms with Crippen LogP contribution in [-0.4, -0.2) is 58.4 Å². The Labute approximate surface area is 142 Å². The molecule has 7 heteroatoms. The van der Waals surface area contributed by atoms with Crippen LogP contribution in [0.25, 0.3) is 0 Å². The van der Waals surface area contributed by atoms with E-state index >= 15 is 0 Å². The van der Waals surface area contributed by atoms with Crippen LogP contribution in [0.3, 0.4) is 0 Å². The Hall–Kier alpha value is -2.18. The number of anilines is 1. The number of hydrogen-bond acceptors (Lipinski definition) is 5. The van der Waals surface area contributed by atoms with Crippen molar-refractivity contribution in [1.82, 2.24) is 20.2 Å². The Morgan fingerprint density at radius 3 is 2.46 bits per heavy atom. The fourth-order valence-electron chi connectivity index (χ4n) is 4.04. The number of nitrogens with one attached hydrogen (secondary N) is 1. The molecule has 0 radical (unpaired) electrons. The van der Waals surface area contributed by atoms with Crippen LogP contribution in [0.2, 0.25) is 0 Å². The van der Waals surface area contributed by atoms with Crippen molar-refractivity contribution in [3.05, 3.63) is 17.5 Å². The molecule has 2 aliphatic heterocycles. The zero-order chi connectivity index (χ0) is 17.5. The normalized spacial score (nSPS) is 26.2. The molecule has 1 N–H and O–H groups in total. The van der Waals surface area contributed by atoms with Crippen LogP contribution in [0, 0.1) is 19.8 Å². The van der Waals surface area contributed by atoms with Gasteiger partial charge in [0, 0.05) is 57.3 Å². The molecule has 2 amide bonds. The Balaban J connectivity index is 1.90. The number of hydrogen-bond donors (Lipinski definition) is 1. The van der Waals surface area contributed by atoms with Crippen LogP contribution in [0.5, 0.6) is 0 Å². The first-order chi connectivity index (χ1) is 11.3. The standard InChI is InChI=1S/C17H25N5O2/c1-11-7-12(2)19-16(18-11)21-6-5-15-8-22(14(4)24)10-17(15,9-21)20-13(3)23/h7,15H,5-6,8-10H2,1-4H3,(H,20,23)/t15-,17-/m1/s1. The average molecular weight is 331 g/mol. The van der Waals surface area contributed by atoms with Gasteiger partial charge in [-0.15, -0.1) is 0 Å². The molecule has 1 aromatic rings. The van der Waals surface area contributed by atoms with Gasteiger partial charge in [-0.25, -0.2) is 9.97 Å². The van der Waals surface area contributed by atoms with Crippen molar-refractivity contribution >= 4 is 17.8 Å². The molecule has 0 aromatic carbocycles. The molecule has 0 unspecified atom stereocenters. The smallest absolute Gasteiger partial charge is 0.225 e. The third-order valence-corrected chi connectivity index (χ3v) is 5.04. The molecule has 1 aromatic heterocycles. The van der Waals surface area contributed by atoms with Crippen molar-refractivity contribution in [3.63, 3.8) is 0 Å². The van der Waals surface area contributed by atoms with E-state index in [0.29, 0.717) is 25.6 Å². The minimum absolute atomic E-state index is 0.0586. The van der Waals surface area contributed by atoms with Crippen molar-refractivity contribution in [2.45, 2.75) is 39.7 Å². The molecule has 24 heavy (non-hydrogen) atoms. The number of carbonyl (C=O) groups is 2. The first-order valence-electron chi connectivity index (χ1n) is 8.40. The molecule has 3 heterocycles. The average Bonchev–Trinajstić information content (AvgIpc) is 2.83. The lowest BCUT2D eigenvalue weighted by Crippen LogP contribution is -2.64. The van der Waals surface area contributed by atoms with Gasteiger partial charge < -0.3 is 15.1 Å². The van der Waals surface area contributed by atoms with Gasteiger partial charge in [0.2, 0.25) is 17.8 Å². The van der Waals surface area contributed by atoms with E-state index in [4.69, 9.17) is 0 Å². The molecule has 2 fully saturated rings. The van der Waals surface area contributed by atoms with Crippen molar-refractivity contribution in [3.8, 4) is 0 Å². The summed E-state index contributed by atoms with van der Waals surface area (Å²) in [4.78, 5) is 36.7. The molecule has 2 saturated heterocycles. The summed E-state index contributed by atoms with van der Waals surface area (Å²) in [6, 6.07) is 1.95. The number of aromatic nitrogens is 2. The number of amides is 2. The summed E-state index contributed by atoms with van der Waals surface area (Å²) in [7, 11) is 0. The van der Waals surface area contributed by atoms with Gasteiger partial charge >= 0.3 is 0 Å². The molecule has 130 valence electrons. The number of fused-ring (bicyclic) bond motifs is 1. The summed E-state index contributed by atoms with van der Waals surface area (Å²) in [6.45, 7) is 9.76. The lowest BCUT2D eigenvalue weighted by atomic mass is 9.81. The monoisotopic (exact) mass is 331 g/mol. The second-order valence-electron chi connectivity index (χ2n) is 7.09. The van der Waals surface area contributed by atoms with Crippen LogP contribution in [0.1, 0.15) is 31.7 Å². The molecule has 0 saturated carbocycles. The van der Waals surface area contributed by atoms with Crippen LogP contribution in [0.4, 0.5) is 5.95 Å². The minimum Gasteiger partial charge on any atom is -0.347 e. The van der Waals surface area contributed by atoms with Crippen LogP contribution in [0.15, 0.2) is 6.07 Å². The molecule has 2 atom stereocenters. The SMILES string of the molecule is CC(=O)N[C@]12CN(C(C)=O)C[C@H]1CCN(c1nc(C)cc(C)n1)C2. The van der Waals surface area contributed by atoms with E-state index in [0.717, 1.165) is 24.4 Å². The maximum absolute atomic E-state index is 11.8. The quantitative estimate of drug-likeness (QED) is 0.861. The van der Waals surface area contributed by atoms with Gasteiger partial charge in [-0.1, -0.05) is 0 Å². The summed E-state index contributed by atoms with van der Waals surface area (Å²) in [5.41, 5.74) is 1.45. The first kappa shape index (κ1) is 16.7. The molecule has 7 nitrogen and oxygen atoms in total. The minimum atomic E-state index is -0.420. The lowest BCUT2D eigenvalue weighted by molar-refractivity contribution is -0.128. The Morgan fingerprint density at radius 2 is 1.88 bits per heavy atom. The molecular formula is C17H25N5O2. The predicted octanol–water partition coefficient (Wildman–Crippen LogP) is 0.657. The molecule has 0 aliphatic carbocycles. The summed E-state index contributed by atoms with van der Waals surface area (Å²) in [6.07, 6.45) is 0.903. The Kier molecular flexibility index (Phi) is 4.19. The highest BCUT2D eigenvalue weighted by atomic mass is 16.2. The number of aryl methyl sites for hydroxylation is 2. The Morgan fingerprint density at radius 1 is 1.21 bits per heavy atom. The molecule has 0 spiro atoms. The summed E-state index contributed by atoms with van der Waals surface area (Å²) < 4.78 is 0. The van der Waals surface area contributed by atoms with Gasteiger partial charge in [0.15, 0.2) is 0 Å². The third kappa shape index (κ3) is 3.07. The van der Waals surface area contributed by atoms with Crippen LogP contribution < -0.4 is 10.2 Å². The largest absolute Gasteiger partial charge is 0.347 e. The van der Waals surface area contributed by atoms with Crippen molar-refractivity contribution < 1.29 is 9.59 Å². The second-order valence-corrected chi connectivity index (χ2v) is 7.09. The zero-order valence-electron chi connectivity index (χ0n) is 14.8. The molecule has 0 bridgehead atoms. The van der Waals surface area contributed by atoms with Crippen LogP contribution in [-0.2, 0) is 9.59 Å². The van der Waals surface area contributed by atoms with E-state index in [1.54, 1.807) is 6.92 Å². The molecule has 3 rings (SSSR count). The van der Waals surface area contributed by atoms with E-state index < -0.39 is 5.54 Å². The maximum atomic E-state index is 11.8. The zero-order valence-corrected chi connectivity index (χ0v) is 14.8. The Bertz CT molecular complexity index is 657. The van der Waals surface area contributed by atoms with E-state index in [1.165, 1.54) is 6.92 Å². The highest BCUT2D eigenvalue weighted by Gasteiger charge is 2.51. The summed E-state index contributed by atoms with van der Waals surface area (Å²) in [5.74, 6) is 0.973. The molecular weight excluding hydrogens is 306 g/mol. The highest BCUT2D eigenvalue weighted by molar-refractivity contribution is 5.76. The first-order valence-corrected chi connectivity index (χ1v) is 8.40. The fraction of sp³-hybridized carbons (Fsp3) is 0.647.